The molecule has 0 atom stereocenters. The third kappa shape index (κ3) is 4.12. The van der Waals surface area contributed by atoms with Crippen molar-refractivity contribution in [2.45, 2.75) is 6.42 Å². The van der Waals surface area contributed by atoms with Gasteiger partial charge in [0.1, 0.15) is 0 Å². The van der Waals surface area contributed by atoms with Gasteiger partial charge >= 0.3 is 5.97 Å². The third-order valence-electron chi connectivity index (χ3n) is 1.06. The second kappa shape index (κ2) is 4.97. The van der Waals surface area contributed by atoms with Gasteiger partial charge < -0.3 is 10.4 Å². The molecule has 12 heavy (non-hydrogen) atoms. The highest BCUT2D eigenvalue weighted by Crippen LogP contribution is 1.96. The van der Waals surface area contributed by atoms with E-state index in [1.807, 2.05) is 0 Å². The number of terminal acetylenes is 1. The van der Waals surface area contributed by atoms with Gasteiger partial charge in [0, 0.05) is 5.57 Å². The topological polar surface area (TPSA) is 66.4 Å². The van der Waals surface area contributed by atoms with Gasteiger partial charge in [0.2, 0.25) is 5.91 Å². The highest BCUT2D eigenvalue weighted by atomic mass is 16.4. The summed E-state index contributed by atoms with van der Waals surface area (Å²) in [6.45, 7) is 3.29. The van der Waals surface area contributed by atoms with Crippen LogP contribution in [0.3, 0.4) is 0 Å². The number of carboxylic acid groups (broad SMARTS) is 1. The molecule has 0 rings (SSSR count). The van der Waals surface area contributed by atoms with Gasteiger partial charge in [-0.2, -0.15) is 0 Å². The largest absolute Gasteiger partial charge is 0.478 e. The molecule has 0 radical (unpaired) electrons. The molecule has 0 spiro atoms. The van der Waals surface area contributed by atoms with Gasteiger partial charge in [-0.25, -0.2) is 4.79 Å². The number of rotatable bonds is 4. The van der Waals surface area contributed by atoms with E-state index in [0.29, 0.717) is 0 Å². The zero-order chi connectivity index (χ0) is 9.56. The fourth-order valence-corrected chi connectivity index (χ4v) is 0.482. The van der Waals surface area contributed by atoms with Crippen molar-refractivity contribution >= 4 is 11.9 Å². The lowest BCUT2D eigenvalue weighted by Crippen LogP contribution is -2.24. The average Bonchev–Trinajstić information content (AvgIpc) is 2.00. The second-order valence-corrected chi connectivity index (χ2v) is 2.07. The van der Waals surface area contributed by atoms with Crippen LogP contribution in [0.15, 0.2) is 12.2 Å². The number of carbonyl (C=O) groups is 2. The molecule has 0 aliphatic carbocycles. The number of amides is 1. The molecule has 0 aromatic heterocycles. The molecule has 2 N–H and O–H groups in total. The Morgan fingerprint density at radius 3 is 2.58 bits per heavy atom. The van der Waals surface area contributed by atoms with Gasteiger partial charge in [0.25, 0.3) is 0 Å². The van der Waals surface area contributed by atoms with Gasteiger partial charge in [-0.3, -0.25) is 4.79 Å². The first kappa shape index (κ1) is 10.2. The maximum Gasteiger partial charge on any atom is 0.331 e. The van der Waals surface area contributed by atoms with Crippen molar-refractivity contribution in [1.82, 2.24) is 5.32 Å². The fourth-order valence-electron chi connectivity index (χ4n) is 0.482. The minimum absolute atomic E-state index is 0.103. The van der Waals surface area contributed by atoms with Gasteiger partial charge in [-0.05, 0) is 0 Å². The van der Waals surface area contributed by atoms with Crippen LogP contribution in [0.4, 0.5) is 0 Å². The number of hydrogen-bond donors (Lipinski definition) is 2. The van der Waals surface area contributed by atoms with Crippen molar-refractivity contribution in [3.05, 3.63) is 12.2 Å². The maximum absolute atomic E-state index is 10.8. The first-order valence-corrected chi connectivity index (χ1v) is 3.19. The van der Waals surface area contributed by atoms with Crippen molar-refractivity contribution in [1.29, 1.82) is 0 Å². The Labute approximate surface area is 70.3 Å². The molecule has 0 heterocycles. The van der Waals surface area contributed by atoms with Gasteiger partial charge in [-0.15, -0.1) is 6.42 Å². The lowest BCUT2D eigenvalue weighted by Gasteiger charge is -1.99. The Morgan fingerprint density at radius 2 is 2.17 bits per heavy atom. The maximum atomic E-state index is 10.8. The third-order valence-corrected chi connectivity index (χ3v) is 1.06. The van der Waals surface area contributed by atoms with Crippen molar-refractivity contribution < 1.29 is 14.7 Å². The number of carbonyl (C=O) groups excluding carboxylic acids is 1. The smallest absolute Gasteiger partial charge is 0.331 e. The van der Waals surface area contributed by atoms with E-state index in [9.17, 15) is 9.59 Å². The summed E-state index contributed by atoms with van der Waals surface area (Å²) < 4.78 is 0. The summed E-state index contributed by atoms with van der Waals surface area (Å²) in [4.78, 5) is 21.0. The highest BCUT2D eigenvalue weighted by molar-refractivity contribution is 5.93. The molecule has 0 bridgehead atoms. The number of aliphatic carboxylic acids is 1. The van der Waals surface area contributed by atoms with E-state index in [4.69, 9.17) is 11.5 Å². The van der Waals surface area contributed by atoms with Gasteiger partial charge in [0.05, 0.1) is 13.0 Å². The molecule has 0 aliphatic heterocycles. The summed E-state index contributed by atoms with van der Waals surface area (Å²) in [5.74, 6) is 0.587. The predicted molar refractivity (Wildman–Crippen MR) is 43.2 cm³/mol. The summed E-state index contributed by atoms with van der Waals surface area (Å²) in [6, 6.07) is 0. The van der Waals surface area contributed by atoms with Crippen LogP contribution in [0.2, 0.25) is 0 Å². The van der Waals surface area contributed by atoms with E-state index in [1.54, 1.807) is 0 Å². The molecular weight excluding hydrogens is 158 g/mol. The lowest BCUT2D eigenvalue weighted by molar-refractivity contribution is -0.134. The Morgan fingerprint density at radius 1 is 1.58 bits per heavy atom. The Kier molecular flexibility index (Phi) is 4.24. The number of nitrogens with one attached hydrogen (secondary N) is 1. The van der Waals surface area contributed by atoms with Crippen LogP contribution in [0.5, 0.6) is 0 Å². The zero-order valence-electron chi connectivity index (χ0n) is 6.46. The molecular formula is C8H9NO3. The van der Waals surface area contributed by atoms with Crippen molar-refractivity contribution in [2.75, 3.05) is 6.54 Å². The Balaban J connectivity index is 3.79. The average molecular weight is 167 g/mol. The molecule has 0 saturated carbocycles. The van der Waals surface area contributed by atoms with Gasteiger partial charge in [0.15, 0.2) is 0 Å². The number of carboxylic acids is 1. The molecule has 0 unspecified atom stereocenters. The summed E-state index contributed by atoms with van der Waals surface area (Å²) in [7, 11) is 0. The van der Waals surface area contributed by atoms with Crippen molar-refractivity contribution in [2.24, 2.45) is 0 Å². The molecule has 0 aromatic carbocycles. The van der Waals surface area contributed by atoms with Crippen LogP contribution in [-0.4, -0.2) is 23.5 Å². The van der Waals surface area contributed by atoms with Crippen LogP contribution >= 0.6 is 0 Å². The lowest BCUT2D eigenvalue weighted by atomic mass is 10.2. The molecule has 0 aliphatic rings. The quantitative estimate of drug-likeness (QED) is 0.449. The predicted octanol–water partition coefficient (Wildman–Crippen LogP) is -0.233. The molecule has 64 valence electrons. The molecule has 0 fully saturated rings. The van der Waals surface area contributed by atoms with Crippen LogP contribution in [0.25, 0.3) is 0 Å². The van der Waals surface area contributed by atoms with Crippen LogP contribution < -0.4 is 5.32 Å². The van der Waals surface area contributed by atoms with E-state index in [0.717, 1.165) is 0 Å². The monoisotopic (exact) mass is 167 g/mol. The summed E-state index contributed by atoms with van der Waals surface area (Å²) in [5.41, 5.74) is -0.149. The molecule has 4 heteroatoms. The molecule has 4 nitrogen and oxygen atoms in total. The minimum atomic E-state index is -1.18. The van der Waals surface area contributed by atoms with E-state index in [1.165, 1.54) is 0 Å². The SMILES string of the molecule is C#CCNC(=O)CC(=C)C(=O)O. The summed E-state index contributed by atoms with van der Waals surface area (Å²) in [6.07, 6.45) is 4.64. The Bertz CT molecular complexity index is 250. The van der Waals surface area contributed by atoms with Crippen molar-refractivity contribution in [3.8, 4) is 12.3 Å². The van der Waals surface area contributed by atoms with Crippen LogP contribution in [-0.2, 0) is 9.59 Å². The molecule has 0 aromatic rings. The van der Waals surface area contributed by atoms with Crippen molar-refractivity contribution in [3.63, 3.8) is 0 Å². The first-order valence-electron chi connectivity index (χ1n) is 3.19. The second-order valence-electron chi connectivity index (χ2n) is 2.07. The zero-order valence-corrected chi connectivity index (χ0v) is 6.46. The summed E-state index contributed by atoms with van der Waals surface area (Å²) in [5, 5.41) is 10.7. The van der Waals surface area contributed by atoms with E-state index >= 15 is 0 Å². The summed E-state index contributed by atoms with van der Waals surface area (Å²) >= 11 is 0. The van der Waals surface area contributed by atoms with Crippen LogP contribution in [0.1, 0.15) is 6.42 Å². The molecule has 1 amide bonds. The normalized spacial score (nSPS) is 8.25. The van der Waals surface area contributed by atoms with E-state index in [2.05, 4.69) is 17.8 Å². The number of hydrogen-bond acceptors (Lipinski definition) is 2. The first-order chi connectivity index (χ1) is 5.57. The standard InChI is InChI=1S/C8H9NO3/c1-3-4-9-7(10)5-6(2)8(11)12/h1H,2,4-5H2,(H,9,10)(H,11,12). The van der Waals surface area contributed by atoms with Gasteiger partial charge in [-0.1, -0.05) is 12.5 Å². The fraction of sp³-hybridized carbons (Fsp3) is 0.250. The van der Waals surface area contributed by atoms with E-state index in [-0.39, 0.29) is 18.5 Å². The minimum Gasteiger partial charge on any atom is -0.478 e. The highest BCUT2D eigenvalue weighted by Gasteiger charge is 2.08. The van der Waals surface area contributed by atoms with E-state index < -0.39 is 11.9 Å². The Hall–Kier alpha value is -1.76. The molecule has 0 saturated heterocycles. The van der Waals surface area contributed by atoms with Crippen LogP contribution in [0, 0.1) is 12.3 Å².